The van der Waals surface area contributed by atoms with E-state index in [4.69, 9.17) is 0 Å². The molecule has 0 heterocycles. The van der Waals surface area contributed by atoms with Crippen molar-refractivity contribution in [2.75, 3.05) is 0 Å². The molecule has 0 saturated carbocycles. The Morgan fingerprint density at radius 2 is 0.818 bits per heavy atom. The Kier molecular flexibility index (Phi) is 2.71. The average molecular weight is 180 g/mol. The molecule has 0 bridgehead atoms. The summed E-state index contributed by atoms with van der Waals surface area (Å²) in [5.74, 6) is 0. The molecule has 0 spiro atoms. The Labute approximate surface area is 77.0 Å². The summed E-state index contributed by atoms with van der Waals surface area (Å²) in [6.45, 7) is 0. The molecule has 0 saturated heterocycles. The van der Waals surface area contributed by atoms with Crippen molar-refractivity contribution < 1.29 is 17.4 Å². The van der Waals surface area contributed by atoms with E-state index in [2.05, 4.69) is 48.5 Å². The molecule has 0 aromatic heterocycles. The van der Waals surface area contributed by atoms with Crippen LogP contribution in [0.2, 0.25) is 0 Å². The topological polar surface area (TPSA) is 0 Å². The van der Waals surface area contributed by atoms with Crippen molar-refractivity contribution in [2.24, 2.45) is 0 Å². The van der Waals surface area contributed by atoms with Gasteiger partial charge in [0, 0.05) is 17.4 Å². The molecule has 0 radical (unpaired) electrons. The van der Waals surface area contributed by atoms with Crippen LogP contribution in [0, 0.1) is 0 Å². The third-order valence-corrected chi connectivity index (χ3v) is 1.66. The first-order chi connectivity index (χ1) is 4.97. The van der Waals surface area contributed by atoms with Gasteiger partial charge in [0.25, 0.3) is 0 Å². The Morgan fingerprint density at radius 3 is 1.09 bits per heavy atom. The molecule has 0 aliphatic heterocycles. The molecule has 0 aliphatic rings. The standard InChI is InChI=1S/C10H8.Cr/c1-2-6-10-8-4-3-7-9(10)5-1;/h1-8H;. The maximum Gasteiger partial charge on any atom is 0 e. The van der Waals surface area contributed by atoms with Crippen LogP contribution in [0.25, 0.3) is 10.8 Å². The SMILES string of the molecule is [Cr].c1ccc2ccccc2c1. The molecule has 0 amide bonds. The van der Waals surface area contributed by atoms with E-state index in [9.17, 15) is 0 Å². The Morgan fingerprint density at radius 1 is 0.545 bits per heavy atom. The fourth-order valence-electron chi connectivity index (χ4n) is 1.13. The smallest absolute Gasteiger partial charge is 0 e. The average Bonchev–Trinajstić information content (AvgIpc) is 2.05. The number of hydrogen-bond donors (Lipinski definition) is 0. The van der Waals surface area contributed by atoms with Crippen molar-refractivity contribution in [3.05, 3.63) is 48.5 Å². The molecule has 0 atom stereocenters. The first-order valence-corrected chi connectivity index (χ1v) is 3.40. The summed E-state index contributed by atoms with van der Waals surface area (Å²) in [6, 6.07) is 16.7. The summed E-state index contributed by atoms with van der Waals surface area (Å²) in [5, 5.41) is 2.62. The van der Waals surface area contributed by atoms with Crippen LogP contribution in [0.3, 0.4) is 0 Å². The number of rotatable bonds is 0. The molecule has 1 heteroatoms. The summed E-state index contributed by atoms with van der Waals surface area (Å²) < 4.78 is 0. The van der Waals surface area contributed by atoms with Crippen LogP contribution in [0.5, 0.6) is 0 Å². The molecule has 0 nitrogen and oxygen atoms in total. The van der Waals surface area contributed by atoms with Crippen molar-refractivity contribution in [1.82, 2.24) is 0 Å². The zero-order valence-corrected chi connectivity index (χ0v) is 7.30. The second-order valence-electron chi connectivity index (χ2n) is 2.35. The summed E-state index contributed by atoms with van der Waals surface area (Å²) in [6.07, 6.45) is 0. The predicted octanol–water partition coefficient (Wildman–Crippen LogP) is 2.84. The van der Waals surface area contributed by atoms with Crippen molar-refractivity contribution in [3.8, 4) is 0 Å². The van der Waals surface area contributed by atoms with E-state index in [0.717, 1.165) is 0 Å². The normalized spacial score (nSPS) is 9.09. The van der Waals surface area contributed by atoms with Gasteiger partial charge in [-0.25, -0.2) is 0 Å². The van der Waals surface area contributed by atoms with Gasteiger partial charge in [0.05, 0.1) is 0 Å². The molecule has 0 unspecified atom stereocenters. The quantitative estimate of drug-likeness (QED) is 0.584. The first kappa shape index (κ1) is 8.33. The van der Waals surface area contributed by atoms with Crippen LogP contribution in [-0.2, 0) is 17.4 Å². The molecule has 11 heavy (non-hydrogen) atoms. The largest absolute Gasteiger partial charge is 0.0616 e. The van der Waals surface area contributed by atoms with Crippen LogP contribution >= 0.6 is 0 Å². The number of benzene rings is 2. The fourth-order valence-corrected chi connectivity index (χ4v) is 1.13. The molecule has 0 fully saturated rings. The van der Waals surface area contributed by atoms with Crippen LogP contribution < -0.4 is 0 Å². The van der Waals surface area contributed by atoms with Gasteiger partial charge < -0.3 is 0 Å². The van der Waals surface area contributed by atoms with Crippen LogP contribution in [0.15, 0.2) is 48.5 Å². The molecule has 2 aromatic carbocycles. The molecular weight excluding hydrogens is 172 g/mol. The minimum Gasteiger partial charge on any atom is -0.0616 e. The number of hydrogen-bond acceptors (Lipinski definition) is 0. The third kappa shape index (κ3) is 1.63. The van der Waals surface area contributed by atoms with E-state index in [1.807, 2.05) is 0 Å². The Hall–Kier alpha value is -0.768. The predicted molar refractivity (Wildman–Crippen MR) is 43.9 cm³/mol. The van der Waals surface area contributed by atoms with Crippen molar-refractivity contribution in [3.63, 3.8) is 0 Å². The van der Waals surface area contributed by atoms with Gasteiger partial charge in [-0.3, -0.25) is 0 Å². The van der Waals surface area contributed by atoms with Crippen LogP contribution in [0.4, 0.5) is 0 Å². The first-order valence-electron chi connectivity index (χ1n) is 3.40. The molecule has 2 rings (SSSR count). The van der Waals surface area contributed by atoms with E-state index in [1.165, 1.54) is 10.8 Å². The van der Waals surface area contributed by atoms with Crippen LogP contribution in [-0.4, -0.2) is 0 Å². The van der Waals surface area contributed by atoms with Crippen LogP contribution in [0.1, 0.15) is 0 Å². The van der Waals surface area contributed by atoms with Crippen molar-refractivity contribution >= 4 is 10.8 Å². The molecule has 0 aliphatic carbocycles. The third-order valence-electron chi connectivity index (χ3n) is 1.66. The zero-order valence-electron chi connectivity index (χ0n) is 6.03. The van der Waals surface area contributed by atoms with Gasteiger partial charge in [0.15, 0.2) is 0 Å². The maximum absolute atomic E-state index is 2.12. The van der Waals surface area contributed by atoms with Gasteiger partial charge in [-0.05, 0) is 10.8 Å². The minimum absolute atomic E-state index is 0. The van der Waals surface area contributed by atoms with Gasteiger partial charge in [0.1, 0.15) is 0 Å². The maximum atomic E-state index is 2.12. The van der Waals surface area contributed by atoms with Gasteiger partial charge in [-0.15, -0.1) is 0 Å². The van der Waals surface area contributed by atoms with Gasteiger partial charge in [0.2, 0.25) is 0 Å². The molecule has 0 N–H and O–H groups in total. The van der Waals surface area contributed by atoms with Gasteiger partial charge in [-0.1, -0.05) is 48.5 Å². The molecule has 2 aromatic rings. The van der Waals surface area contributed by atoms with Gasteiger partial charge in [-0.2, -0.15) is 0 Å². The minimum atomic E-state index is 0. The molecular formula is C10H8Cr. The summed E-state index contributed by atoms with van der Waals surface area (Å²) >= 11 is 0. The van der Waals surface area contributed by atoms with E-state index >= 15 is 0 Å². The molecule has 54 valence electrons. The van der Waals surface area contributed by atoms with E-state index in [-0.39, 0.29) is 17.4 Å². The Balaban J connectivity index is 0.000000605. The summed E-state index contributed by atoms with van der Waals surface area (Å²) in [5.41, 5.74) is 0. The van der Waals surface area contributed by atoms with E-state index in [1.54, 1.807) is 0 Å². The monoisotopic (exact) mass is 180 g/mol. The number of fused-ring (bicyclic) bond motifs is 1. The fraction of sp³-hybridized carbons (Fsp3) is 0. The summed E-state index contributed by atoms with van der Waals surface area (Å²) in [4.78, 5) is 0. The van der Waals surface area contributed by atoms with E-state index in [0.29, 0.717) is 0 Å². The second kappa shape index (κ2) is 3.57. The Bertz CT molecular complexity index is 276. The summed E-state index contributed by atoms with van der Waals surface area (Å²) in [7, 11) is 0. The zero-order chi connectivity index (χ0) is 6.81. The van der Waals surface area contributed by atoms with E-state index < -0.39 is 0 Å². The van der Waals surface area contributed by atoms with Gasteiger partial charge >= 0.3 is 0 Å². The van der Waals surface area contributed by atoms with Crippen molar-refractivity contribution in [1.29, 1.82) is 0 Å². The second-order valence-corrected chi connectivity index (χ2v) is 2.35. The van der Waals surface area contributed by atoms with Crippen molar-refractivity contribution in [2.45, 2.75) is 0 Å².